The number of rotatable bonds is 2. The quantitative estimate of drug-likeness (QED) is 0.807. The van der Waals surface area contributed by atoms with E-state index in [1.165, 1.54) is 19.5 Å². The molecule has 4 heteroatoms. The van der Waals surface area contributed by atoms with Crippen LogP contribution in [-0.2, 0) is 4.79 Å². The number of nitrogens with zero attached hydrogens (tertiary/aromatic N) is 2. The Labute approximate surface area is 109 Å². The van der Waals surface area contributed by atoms with E-state index in [1.54, 1.807) is 0 Å². The molecule has 3 saturated heterocycles. The molecular weight excluding hydrogens is 228 g/mol. The molecule has 0 spiro atoms. The highest BCUT2D eigenvalue weighted by Crippen LogP contribution is 2.38. The van der Waals surface area contributed by atoms with Gasteiger partial charge in [-0.3, -0.25) is 9.69 Å². The van der Waals surface area contributed by atoms with E-state index in [0.717, 1.165) is 38.8 Å². The summed E-state index contributed by atoms with van der Waals surface area (Å²) in [5, 5.41) is 9.62. The summed E-state index contributed by atoms with van der Waals surface area (Å²) >= 11 is 0. The Balaban J connectivity index is 1.82. The van der Waals surface area contributed by atoms with Crippen molar-refractivity contribution in [3.8, 4) is 0 Å². The number of carbonyl (C=O) groups is 1. The lowest BCUT2D eigenvalue weighted by Crippen LogP contribution is -2.61. The molecule has 4 atom stereocenters. The zero-order valence-electron chi connectivity index (χ0n) is 11.3. The Morgan fingerprint density at radius 2 is 2.00 bits per heavy atom. The maximum absolute atomic E-state index is 11.7. The highest BCUT2D eigenvalue weighted by molar-refractivity contribution is 5.78. The first-order valence-corrected chi connectivity index (χ1v) is 7.34. The van der Waals surface area contributed by atoms with Crippen LogP contribution in [0, 0.1) is 5.92 Å². The van der Waals surface area contributed by atoms with Crippen molar-refractivity contribution < 1.29 is 9.90 Å². The molecule has 3 aliphatic rings. The van der Waals surface area contributed by atoms with Gasteiger partial charge >= 0.3 is 5.97 Å². The molecule has 3 aliphatic heterocycles. The second kappa shape index (κ2) is 4.49. The van der Waals surface area contributed by atoms with Crippen LogP contribution in [-0.4, -0.2) is 58.6 Å². The van der Waals surface area contributed by atoms with Crippen LogP contribution in [0.5, 0.6) is 0 Å². The summed E-state index contributed by atoms with van der Waals surface area (Å²) in [6, 6.07) is 0.505. The van der Waals surface area contributed by atoms with Gasteiger partial charge in [0, 0.05) is 12.6 Å². The van der Waals surface area contributed by atoms with Crippen LogP contribution in [0.1, 0.15) is 39.0 Å². The minimum Gasteiger partial charge on any atom is -0.480 e. The lowest BCUT2D eigenvalue weighted by molar-refractivity contribution is -0.156. The normalized spacial score (nSPS) is 45.1. The number of aliphatic carboxylic acids is 1. The second-order valence-electron chi connectivity index (χ2n) is 6.43. The first kappa shape index (κ1) is 12.4. The maximum Gasteiger partial charge on any atom is 0.323 e. The fourth-order valence-electron chi connectivity index (χ4n) is 4.24. The third-order valence-electron chi connectivity index (χ3n) is 5.40. The first-order chi connectivity index (χ1) is 8.61. The summed E-state index contributed by atoms with van der Waals surface area (Å²) in [6.07, 6.45) is 5.46. The van der Waals surface area contributed by atoms with Crippen molar-refractivity contribution in [2.75, 3.05) is 26.2 Å². The third kappa shape index (κ3) is 1.86. The van der Waals surface area contributed by atoms with Gasteiger partial charge in [-0.15, -0.1) is 0 Å². The van der Waals surface area contributed by atoms with Crippen molar-refractivity contribution >= 4 is 5.97 Å². The van der Waals surface area contributed by atoms with Gasteiger partial charge < -0.3 is 10.0 Å². The summed E-state index contributed by atoms with van der Waals surface area (Å²) < 4.78 is 0. The van der Waals surface area contributed by atoms with Crippen molar-refractivity contribution in [2.24, 2.45) is 5.92 Å². The minimum absolute atomic E-state index is 0.505. The molecule has 4 unspecified atom stereocenters. The molecule has 0 aliphatic carbocycles. The standard InChI is InChI=1S/C14H24N2O2/c1-14(13(17)18)6-2-3-7-16(14)12-5-9-15-8-4-11(12)10-15/h11-12H,2-10H2,1H3,(H,17,18). The summed E-state index contributed by atoms with van der Waals surface area (Å²) in [5.41, 5.74) is -0.617. The fourth-order valence-corrected chi connectivity index (χ4v) is 4.24. The molecule has 0 radical (unpaired) electrons. The number of carboxylic acid groups (broad SMARTS) is 1. The van der Waals surface area contributed by atoms with Crippen LogP contribution in [0.15, 0.2) is 0 Å². The molecule has 3 rings (SSSR count). The van der Waals surface area contributed by atoms with Crippen molar-refractivity contribution in [1.82, 2.24) is 9.80 Å². The van der Waals surface area contributed by atoms with Crippen molar-refractivity contribution in [1.29, 1.82) is 0 Å². The van der Waals surface area contributed by atoms with E-state index in [0.29, 0.717) is 12.0 Å². The van der Waals surface area contributed by atoms with Gasteiger partial charge in [-0.1, -0.05) is 0 Å². The van der Waals surface area contributed by atoms with Crippen LogP contribution in [0.2, 0.25) is 0 Å². The van der Waals surface area contributed by atoms with E-state index in [2.05, 4.69) is 9.80 Å². The summed E-state index contributed by atoms with van der Waals surface area (Å²) in [6.45, 7) is 6.49. The lowest BCUT2D eigenvalue weighted by Gasteiger charge is -2.49. The van der Waals surface area contributed by atoms with Gasteiger partial charge in [0.15, 0.2) is 0 Å². The second-order valence-corrected chi connectivity index (χ2v) is 6.43. The number of hydrogen-bond donors (Lipinski definition) is 1. The van der Waals surface area contributed by atoms with E-state index in [4.69, 9.17) is 0 Å². The highest BCUT2D eigenvalue weighted by Gasteiger charge is 2.48. The van der Waals surface area contributed by atoms with Crippen LogP contribution >= 0.6 is 0 Å². The molecule has 2 bridgehead atoms. The Bertz CT molecular complexity index is 347. The first-order valence-electron chi connectivity index (χ1n) is 7.34. The van der Waals surface area contributed by atoms with Gasteiger partial charge in [-0.25, -0.2) is 0 Å². The molecule has 3 heterocycles. The minimum atomic E-state index is -0.623. The topological polar surface area (TPSA) is 43.8 Å². The molecule has 102 valence electrons. The predicted octanol–water partition coefficient (Wildman–Crippen LogP) is 1.41. The van der Waals surface area contributed by atoms with E-state index in [1.807, 2.05) is 6.92 Å². The van der Waals surface area contributed by atoms with E-state index in [-0.39, 0.29) is 0 Å². The molecule has 0 aromatic rings. The van der Waals surface area contributed by atoms with Crippen LogP contribution in [0.4, 0.5) is 0 Å². The van der Waals surface area contributed by atoms with Gasteiger partial charge in [-0.2, -0.15) is 0 Å². The zero-order valence-corrected chi connectivity index (χ0v) is 11.3. The number of fused-ring (bicyclic) bond motifs is 2. The Hall–Kier alpha value is -0.610. The number of likely N-dealkylation sites (tertiary alicyclic amines) is 1. The fraction of sp³-hybridized carbons (Fsp3) is 0.929. The van der Waals surface area contributed by atoms with Gasteiger partial charge in [0.05, 0.1) is 0 Å². The molecule has 18 heavy (non-hydrogen) atoms. The molecule has 4 nitrogen and oxygen atoms in total. The maximum atomic E-state index is 11.7. The monoisotopic (exact) mass is 252 g/mol. The van der Waals surface area contributed by atoms with Crippen molar-refractivity contribution in [2.45, 2.75) is 50.6 Å². The molecule has 0 aromatic heterocycles. The van der Waals surface area contributed by atoms with Gasteiger partial charge in [0.1, 0.15) is 5.54 Å². The van der Waals surface area contributed by atoms with Gasteiger partial charge in [-0.05, 0) is 64.6 Å². The Morgan fingerprint density at radius 3 is 2.78 bits per heavy atom. The third-order valence-corrected chi connectivity index (χ3v) is 5.40. The Morgan fingerprint density at radius 1 is 1.22 bits per heavy atom. The van der Waals surface area contributed by atoms with Gasteiger partial charge in [0.2, 0.25) is 0 Å². The Kier molecular flexibility index (Phi) is 3.10. The SMILES string of the molecule is CC1(C(=O)O)CCCCN1C1CCN2CCC1C2. The van der Waals surface area contributed by atoms with E-state index in [9.17, 15) is 9.90 Å². The van der Waals surface area contributed by atoms with Crippen LogP contribution in [0.3, 0.4) is 0 Å². The molecule has 3 fully saturated rings. The van der Waals surface area contributed by atoms with E-state index >= 15 is 0 Å². The van der Waals surface area contributed by atoms with Crippen molar-refractivity contribution in [3.05, 3.63) is 0 Å². The predicted molar refractivity (Wildman–Crippen MR) is 69.5 cm³/mol. The summed E-state index contributed by atoms with van der Waals surface area (Å²) in [5.74, 6) is 0.0816. The summed E-state index contributed by atoms with van der Waals surface area (Å²) in [7, 11) is 0. The molecule has 0 aromatic carbocycles. The highest BCUT2D eigenvalue weighted by atomic mass is 16.4. The molecule has 0 saturated carbocycles. The van der Waals surface area contributed by atoms with Gasteiger partial charge in [0.25, 0.3) is 0 Å². The average molecular weight is 252 g/mol. The van der Waals surface area contributed by atoms with Crippen molar-refractivity contribution in [3.63, 3.8) is 0 Å². The summed E-state index contributed by atoms with van der Waals surface area (Å²) in [4.78, 5) is 16.6. The smallest absolute Gasteiger partial charge is 0.323 e. The molecular formula is C14H24N2O2. The largest absolute Gasteiger partial charge is 0.480 e. The van der Waals surface area contributed by atoms with Crippen LogP contribution < -0.4 is 0 Å². The average Bonchev–Trinajstić information content (AvgIpc) is 2.73. The number of carboxylic acids is 1. The molecule has 0 amide bonds. The lowest BCUT2D eigenvalue weighted by atomic mass is 9.82. The van der Waals surface area contributed by atoms with E-state index < -0.39 is 11.5 Å². The molecule has 1 N–H and O–H groups in total. The zero-order chi connectivity index (χ0) is 12.8. The number of piperidine rings is 2. The number of hydrogen-bond acceptors (Lipinski definition) is 3. The van der Waals surface area contributed by atoms with Crippen LogP contribution in [0.25, 0.3) is 0 Å².